The monoisotopic (exact) mass is 337 g/mol. The van der Waals surface area contributed by atoms with Crippen molar-refractivity contribution < 1.29 is 0 Å². The van der Waals surface area contributed by atoms with Gasteiger partial charge in [-0.1, -0.05) is 40.9 Å². The molecule has 0 spiro atoms. The van der Waals surface area contributed by atoms with E-state index in [0.29, 0.717) is 0 Å². The minimum atomic E-state index is 0.234. The fraction of sp³-hybridized carbons (Fsp3) is 0.667. The molecule has 112 valence electrons. The lowest BCUT2D eigenvalue weighted by Gasteiger charge is -2.34. The van der Waals surface area contributed by atoms with Gasteiger partial charge in [-0.15, -0.1) is 0 Å². The fourth-order valence-corrected chi connectivity index (χ4v) is 3.67. The van der Waals surface area contributed by atoms with E-state index in [1.54, 1.807) is 0 Å². The van der Waals surface area contributed by atoms with E-state index in [1.807, 2.05) is 0 Å². The first kappa shape index (κ1) is 16.0. The van der Waals surface area contributed by atoms with Gasteiger partial charge in [0.05, 0.1) is 0 Å². The summed E-state index contributed by atoms with van der Waals surface area (Å²) in [5.41, 5.74) is 1.71. The van der Waals surface area contributed by atoms with Crippen molar-refractivity contribution in [2.75, 3.05) is 6.54 Å². The number of nitrogens with one attached hydrogen (secondary N) is 1. The predicted octanol–water partition coefficient (Wildman–Crippen LogP) is 5.19. The number of rotatable bonds is 4. The van der Waals surface area contributed by atoms with Crippen LogP contribution in [0.15, 0.2) is 28.7 Å². The Morgan fingerprint density at radius 3 is 2.50 bits per heavy atom. The summed E-state index contributed by atoms with van der Waals surface area (Å²) in [5.74, 6) is 1.68. The van der Waals surface area contributed by atoms with Gasteiger partial charge in [-0.3, -0.25) is 0 Å². The summed E-state index contributed by atoms with van der Waals surface area (Å²) in [6.45, 7) is 7.96. The Labute approximate surface area is 132 Å². The maximum absolute atomic E-state index is 3.71. The molecule has 0 bridgehead atoms. The highest BCUT2D eigenvalue weighted by molar-refractivity contribution is 9.10. The van der Waals surface area contributed by atoms with Crippen LogP contribution in [0.25, 0.3) is 0 Å². The molecule has 0 heterocycles. The molecule has 0 aromatic heterocycles. The van der Waals surface area contributed by atoms with Crippen molar-refractivity contribution in [1.82, 2.24) is 5.32 Å². The van der Waals surface area contributed by atoms with Gasteiger partial charge in [-0.2, -0.15) is 0 Å². The highest BCUT2D eigenvalue weighted by Gasteiger charge is 2.26. The zero-order valence-electron chi connectivity index (χ0n) is 13.1. The van der Waals surface area contributed by atoms with Crippen molar-refractivity contribution in [3.8, 4) is 0 Å². The number of hydrogen-bond acceptors (Lipinski definition) is 1. The quantitative estimate of drug-likeness (QED) is 0.797. The Balaban J connectivity index is 1.96. The molecule has 1 aromatic carbocycles. The van der Waals surface area contributed by atoms with Crippen LogP contribution in [0.5, 0.6) is 0 Å². The minimum absolute atomic E-state index is 0.234. The van der Waals surface area contributed by atoms with Gasteiger partial charge in [-0.05, 0) is 76.1 Å². The molecule has 20 heavy (non-hydrogen) atoms. The molecule has 1 fully saturated rings. The Kier molecular flexibility index (Phi) is 5.68. The molecule has 1 aliphatic carbocycles. The summed E-state index contributed by atoms with van der Waals surface area (Å²) >= 11 is 3.59. The van der Waals surface area contributed by atoms with Crippen molar-refractivity contribution in [3.63, 3.8) is 0 Å². The molecular weight excluding hydrogens is 310 g/mol. The standard InChI is InChI=1S/C18H28BrN/c1-18(2,3)20-13-16-9-5-4-8-15(16)11-14-7-6-10-17(19)12-14/h6-7,10,12,15-16,20H,4-5,8-9,11,13H2,1-3H3. The van der Waals surface area contributed by atoms with Crippen LogP contribution in [-0.4, -0.2) is 12.1 Å². The smallest absolute Gasteiger partial charge is 0.0177 e. The highest BCUT2D eigenvalue weighted by Crippen LogP contribution is 2.33. The summed E-state index contributed by atoms with van der Waals surface area (Å²) in [7, 11) is 0. The molecule has 0 radical (unpaired) electrons. The summed E-state index contributed by atoms with van der Waals surface area (Å²) < 4.78 is 1.20. The third-order valence-corrected chi connectivity index (χ3v) is 4.84. The predicted molar refractivity (Wildman–Crippen MR) is 91.0 cm³/mol. The van der Waals surface area contributed by atoms with Gasteiger partial charge in [0.1, 0.15) is 0 Å². The van der Waals surface area contributed by atoms with Crippen LogP contribution in [0.3, 0.4) is 0 Å². The fourth-order valence-electron chi connectivity index (χ4n) is 3.23. The van der Waals surface area contributed by atoms with E-state index in [0.717, 1.165) is 11.8 Å². The minimum Gasteiger partial charge on any atom is -0.312 e. The van der Waals surface area contributed by atoms with Crippen LogP contribution < -0.4 is 5.32 Å². The summed E-state index contributed by atoms with van der Waals surface area (Å²) in [6, 6.07) is 8.82. The molecule has 1 aromatic rings. The topological polar surface area (TPSA) is 12.0 Å². The first-order valence-corrected chi connectivity index (χ1v) is 8.73. The molecule has 2 rings (SSSR count). The SMILES string of the molecule is CC(C)(C)NCC1CCCCC1Cc1cccc(Br)c1. The molecule has 1 N–H and O–H groups in total. The lowest BCUT2D eigenvalue weighted by molar-refractivity contribution is 0.213. The van der Waals surface area contributed by atoms with E-state index < -0.39 is 0 Å². The first-order valence-electron chi connectivity index (χ1n) is 7.93. The molecule has 2 atom stereocenters. The van der Waals surface area contributed by atoms with Crippen LogP contribution in [0.2, 0.25) is 0 Å². The maximum atomic E-state index is 3.71. The largest absolute Gasteiger partial charge is 0.312 e. The van der Waals surface area contributed by atoms with E-state index in [1.165, 1.54) is 48.7 Å². The third-order valence-electron chi connectivity index (χ3n) is 4.35. The molecule has 2 unspecified atom stereocenters. The number of hydrogen-bond donors (Lipinski definition) is 1. The molecule has 0 amide bonds. The lowest BCUT2D eigenvalue weighted by Crippen LogP contribution is -2.41. The Morgan fingerprint density at radius 2 is 1.85 bits per heavy atom. The van der Waals surface area contributed by atoms with Crippen molar-refractivity contribution in [2.24, 2.45) is 11.8 Å². The Morgan fingerprint density at radius 1 is 1.15 bits per heavy atom. The van der Waals surface area contributed by atoms with Crippen molar-refractivity contribution in [3.05, 3.63) is 34.3 Å². The second kappa shape index (κ2) is 7.09. The van der Waals surface area contributed by atoms with E-state index in [9.17, 15) is 0 Å². The number of benzene rings is 1. The molecule has 0 aliphatic heterocycles. The average molecular weight is 338 g/mol. The highest BCUT2D eigenvalue weighted by atomic mass is 79.9. The molecule has 1 saturated carbocycles. The molecule has 1 aliphatic rings. The van der Waals surface area contributed by atoms with Gasteiger partial charge in [0, 0.05) is 10.0 Å². The Bertz CT molecular complexity index is 422. The summed E-state index contributed by atoms with van der Waals surface area (Å²) in [4.78, 5) is 0. The molecule has 1 nitrogen and oxygen atoms in total. The van der Waals surface area contributed by atoms with Crippen LogP contribution in [0.4, 0.5) is 0 Å². The second-order valence-corrected chi connectivity index (χ2v) is 8.19. The lowest BCUT2D eigenvalue weighted by atomic mass is 9.76. The van der Waals surface area contributed by atoms with Crippen LogP contribution in [-0.2, 0) is 6.42 Å². The van der Waals surface area contributed by atoms with Gasteiger partial charge < -0.3 is 5.32 Å². The first-order chi connectivity index (χ1) is 9.44. The van der Waals surface area contributed by atoms with Crippen LogP contribution >= 0.6 is 15.9 Å². The normalized spacial score (nSPS) is 23.8. The van der Waals surface area contributed by atoms with E-state index in [4.69, 9.17) is 0 Å². The van der Waals surface area contributed by atoms with Gasteiger partial charge in [0.15, 0.2) is 0 Å². The average Bonchev–Trinajstić information content (AvgIpc) is 2.37. The van der Waals surface area contributed by atoms with E-state index in [-0.39, 0.29) is 5.54 Å². The van der Waals surface area contributed by atoms with Crippen molar-refractivity contribution >= 4 is 15.9 Å². The van der Waals surface area contributed by atoms with Crippen molar-refractivity contribution in [2.45, 2.75) is 58.4 Å². The Hall–Kier alpha value is -0.340. The molecule has 2 heteroatoms. The summed E-state index contributed by atoms with van der Waals surface area (Å²) in [6.07, 6.45) is 6.83. The van der Waals surface area contributed by atoms with Gasteiger partial charge >= 0.3 is 0 Å². The van der Waals surface area contributed by atoms with Gasteiger partial charge in [0.2, 0.25) is 0 Å². The third kappa shape index (κ3) is 5.21. The van der Waals surface area contributed by atoms with Gasteiger partial charge in [-0.25, -0.2) is 0 Å². The second-order valence-electron chi connectivity index (χ2n) is 7.27. The molecular formula is C18H28BrN. The number of halogens is 1. The molecule has 0 saturated heterocycles. The van der Waals surface area contributed by atoms with Crippen molar-refractivity contribution in [1.29, 1.82) is 0 Å². The maximum Gasteiger partial charge on any atom is 0.0177 e. The van der Waals surface area contributed by atoms with Crippen LogP contribution in [0.1, 0.15) is 52.0 Å². The van der Waals surface area contributed by atoms with E-state index in [2.05, 4.69) is 66.3 Å². The summed E-state index contributed by atoms with van der Waals surface area (Å²) in [5, 5.41) is 3.71. The van der Waals surface area contributed by atoms with Crippen LogP contribution in [0, 0.1) is 11.8 Å². The van der Waals surface area contributed by atoms with Gasteiger partial charge in [0.25, 0.3) is 0 Å². The zero-order valence-corrected chi connectivity index (χ0v) is 14.7. The zero-order chi connectivity index (χ0) is 14.6. The van der Waals surface area contributed by atoms with E-state index >= 15 is 0 Å².